The minimum atomic E-state index is -3.15. The van der Waals surface area contributed by atoms with Crippen LogP contribution in [0, 0.1) is 5.92 Å². The predicted molar refractivity (Wildman–Crippen MR) is 62.0 cm³/mol. The molecule has 2 atom stereocenters. The molecule has 15 heavy (non-hydrogen) atoms. The lowest BCUT2D eigenvalue weighted by atomic mass is 9.97. The molecule has 0 spiro atoms. The Kier molecular flexibility index (Phi) is 4.55. The molecule has 4 nitrogen and oxygen atoms in total. The summed E-state index contributed by atoms with van der Waals surface area (Å²) in [5.74, 6) is 0.526. The van der Waals surface area contributed by atoms with E-state index in [9.17, 15) is 8.42 Å². The molecular weight excluding hydrogens is 212 g/mol. The van der Waals surface area contributed by atoms with Gasteiger partial charge in [-0.3, -0.25) is 0 Å². The van der Waals surface area contributed by atoms with Crippen LogP contribution in [0.15, 0.2) is 0 Å². The molecule has 1 saturated heterocycles. The molecule has 1 rings (SSSR count). The minimum Gasteiger partial charge on any atom is -0.329 e. The average molecular weight is 234 g/mol. The first-order chi connectivity index (χ1) is 7.02. The summed E-state index contributed by atoms with van der Waals surface area (Å²) in [5.41, 5.74) is 5.43. The Morgan fingerprint density at radius 3 is 2.73 bits per heavy atom. The van der Waals surface area contributed by atoms with Crippen LogP contribution in [0.4, 0.5) is 0 Å². The van der Waals surface area contributed by atoms with Gasteiger partial charge in [-0.25, -0.2) is 12.7 Å². The van der Waals surface area contributed by atoms with Crippen molar-refractivity contribution in [3.8, 4) is 0 Å². The summed E-state index contributed by atoms with van der Waals surface area (Å²) in [4.78, 5) is 0. The van der Waals surface area contributed by atoms with E-state index in [1.807, 2.05) is 0 Å². The van der Waals surface area contributed by atoms with E-state index in [2.05, 4.69) is 6.92 Å². The van der Waals surface area contributed by atoms with Crippen LogP contribution in [0.25, 0.3) is 0 Å². The van der Waals surface area contributed by atoms with Gasteiger partial charge in [-0.05, 0) is 25.7 Å². The average Bonchev–Trinajstić information content (AvgIpc) is 2.27. The smallest absolute Gasteiger partial charge is 0.217 e. The summed E-state index contributed by atoms with van der Waals surface area (Å²) in [6, 6.07) is 0. The molecule has 0 bridgehead atoms. The molecule has 1 aliphatic rings. The highest BCUT2D eigenvalue weighted by molar-refractivity contribution is 7.89. The Bertz CT molecular complexity index is 290. The molecule has 1 fully saturated rings. The molecule has 90 valence electrons. The fraction of sp³-hybridized carbons (Fsp3) is 1.00. The molecule has 0 aromatic heterocycles. The van der Waals surface area contributed by atoms with E-state index in [1.54, 1.807) is 11.2 Å². The monoisotopic (exact) mass is 234 g/mol. The number of nitrogens with zero attached hydrogens (tertiary/aromatic N) is 1. The lowest BCUT2D eigenvalue weighted by molar-refractivity contribution is 0.260. The van der Waals surface area contributed by atoms with Crippen molar-refractivity contribution < 1.29 is 8.42 Å². The largest absolute Gasteiger partial charge is 0.329 e. The highest BCUT2D eigenvalue weighted by atomic mass is 32.2. The number of piperidine rings is 1. The first kappa shape index (κ1) is 12.9. The fourth-order valence-electron chi connectivity index (χ4n) is 1.97. The van der Waals surface area contributed by atoms with Crippen molar-refractivity contribution in [2.24, 2.45) is 11.7 Å². The maximum absolute atomic E-state index is 12.0. The van der Waals surface area contributed by atoms with Crippen LogP contribution in [-0.4, -0.2) is 37.6 Å². The first-order valence-corrected chi connectivity index (χ1v) is 7.21. The molecule has 0 aromatic carbocycles. The van der Waals surface area contributed by atoms with Crippen molar-refractivity contribution in [3.05, 3.63) is 0 Å². The zero-order valence-corrected chi connectivity index (χ0v) is 10.5. The highest BCUT2D eigenvalue weighted by Crippen LogP contribution is 2.22. The van der Waals surface area contributed by atoms with Gasteiger partial charge in [0.05, 0.1) is 5.25 Å². The second-order valence-electron chi connectivity index (χ2n) is 4.37. The molecule has 0 amide bonds. The van der Waals surface area contributed by atoms with E-state index < -0.39 is 15.3 Å². The van der Waals surface area contributed by atoms with Crippen molar-refractivity contribution >= 4 is 10.0 Å². The fourth-order valence-corrected chi connectivity index (χ4v) is 3.52. The zero-order chi connectivity index (χ0) is 11.5. The van der Waals surface area contributed by atoms with Crippen LogP contribution in [0.3, 0.4) is 0 Å². The lowest BCUT2D eigenvalue weighted by Crippen LogP contribution is -2.45. The van der Waals surface area contributed by atoms with Gasteiger partial charge in [-0.2, -0.15) is 0 Å². The Morgan fingerprint density at radius 2 is 2.20 bits per heavy atom. The van der Waals surface area contributed by atoms with E-state index in [4.69, 9.17) is 5.73 Å². The standard InChI is InChI=1S/C10H22N2O2S/c1-3-10-5-4-6-12(8-10)15(13,14)9(2)7-11/h9-10H,3-8,11H2,1-2H3. The Labute approximate surface area is 92.9 Å². The van der Waals surface area contributed by atoms with Gasteiger partial charge in [0.15, 0.2) is 0 Å². The molecular formula is C10H22N2O2S. The van der Waals surface area contributed by atoms with Gasteiger partial charge in [0.1, 0.15) is 0 Å². The number of rotatable bonds is 4. The normalized spacial score (nSPS) is 26.5. The first-order valence-electron chi connectivity index (χ1n) is 5.71. The molecule has 0 aliphatic carbocycles. The molecule has 2 unspecified atom stereocenters. The summed E-state index contributed by atoms with van der Waals surface area (Å²) < 4.78 is 25.7. The highest BCUT2D eigenvalue weighted by Gasteiger charge is 2.31. The summed E-state index contributed by atoms with van der Waals surface area (Å²) in [7, 11) is -3.15. The maximum atomic E-state index is 12.0. The molecule has 0 radical (unpaired) electrons. The second-order valence-corrected chi connectivity index (χ2v) is 6.72. The SMILES string of the molecule is CCC1CCCN(S(=O)(=O)C(C)CN)C1. The summed E-state index contributed by atoms with van der Waals surface area (Å²) >= 11 is 0. The quantitative estimate of drug-likeness (QED) is 0.782. The Morgan fingerprint density at radius 1 is 1.53 bits per heavy atom. The van der Waals surface area contributed by atoms with Crippen molar-refractivity contribution in [2.45, 2.75) is 38.4 Å². The van der Waals surface area contributed by atoms with E-state index in [1.165, 1.54) is 0 Å². The van der Waals surface area contributed by atoms with Gasteiger partial charge < -0.3 is 5.73 Å². The van der Waals surface area contributed by atoms with Crippen LogP contribution < -0.4 is 5.73 Å². The van der Waals surface area contributed by atoms with Gasteiger partial charge in [0.2, 0.25) is 10.0 Å². The molecule has 1 heterocycles. The second kappa shape index (κ2) is 5.27. The number of hydrogen-bond donors (Lipinski definition) is 1. The number of nitrogens with two attached hydrogens (primary N) is 1. The third kappa shape index (κ3) is 2.92. The molecule has 0 saturated carbocycles. The van der Waals surface area contributed by atoms with Crippen LogP contribution in [-0.2, 0) is 10.0 Å². The topological polar surface area (TPSA) is 63.4 Å². The third-order valence-electron chi connectivity index (χ3n) is 3.26. The Hall–Kier alpha value is -0.130. The molecule has 0 aromatic rings. The van der Waals surface area contributed by atoms with Crippen LogP contribution >= 0.6 is 0 Å². The van der Waals surface area contributed by atoms with Crippen LogP contribution in [0.5, 0.6) is 0 Å². The zero-order valence-electron chi connectivity index (χ0n) is 9.65. The van der Waals surface area contributed by atoms with Crippen molar-refractivity contribution in [1.29, 1.82) is 0 Å². The van der Waals surface area contributed by atoms with Crippen LogP contribution in [0.1, 0.15) is 33.1 Å². The van der Waals surface area contributed by atoms with Gasteiger partial charge in [0.25, 0.3) is 0 Å². The summed E-state index contributed by atoms with van der Waals surface area (Å²) in [6.45, 7) is 5.36. The predicted octanol–water partition coefficient (Wildman–Crippen LogP) is 0.785. The lowest BCUT2D eigenvalue weighted by Gasteiger charge is -2.33. The van der Waals surface area contributed by atoms with Crippen molar-refractivity contribution in [1.82, 2.24) is 4.31 Å². The minimum absolute atomic E-state index is 0.204. The number of sulfonamides is 1. The summed E-state index contributed by atoms with van der Waals surface area (Å²) in [6.07, 6.45) is 3.19. The molecule has 2 N–H and O–H groups in total. The van der Waals surface area contributed by atoms with Gasteiger partial charge in [0, 0.05) is 19.6 Å². The number of hydrogen-bond acceptors (Lipinski definition) is 3. The van der Waals surface area contributed by atoms with Crippen LogP contribution in [0.2, 0.25) is 0 Å². The molecule has 5 heteroatoms. The van der Waals surface area contributed by atoms with Gasteiger partial charge in [-0.15, -0.1) is 0 Å². The maximum Gasteiger partial charge on any atom is 0.217 e. The third-order valence-corrected chi connectivity index (χ3v) is 5.52. The molecule has 1 aliphatic heterocycles. The Balaban J connectivity index is 2.70. The van der Waals surface area contributed by atoms with E-state index in [0.29, 0.717) is 19.0 Å². The van der Waals surface area contributed by atoms with E-state index >= 15 is 0 Å². The van der Waals surface area contributed by atoms with Gasteiger partial charge >= 0.3 is 0 Å². The van der Waals surface area contributed by atoms with E-state index in [-0.39, 0.29) is 6.54 Å². The van der Waals surface area contributed by atoms with Crippen molar-refractivity contribution in [3.63, 3.8) is 0 Å². The summed E-state index contributed by atoms with van der Waals surface area (Å²) in [5, 5.41) is -0.451. The van der Waals surface area contributed by atoms with E-state index in [0.717, 1.165) is 19.3 Å². The van der Waals surface area contributed by atoms with Gasteiger partial charge in [-0.1, -0.05) is 13.3 Å². The van der Waals surface area contributed by atoms with Crippen molar-refractivity contribution in [2.75, 3.05) is 19.6 Å².